The molecular weight excluding hydrogens is 218 g/mol. The maximum atomic E-state index is 11.9. The van der Waals surface area contributed by atoms with Crippen molar-refractivity contribution in [1.29, 1.82) is 0 Å². The predicted molar refractivity (Wildman–Crippen MR) is 58.4 cm³/mol. The number of nitrogens with zero attached hydrogens (tertiary/aromatic N) is 2. The van der Waals surface area contributed by atoms with Crippen LogP contribution in [0, 0.1) is 0 Å². The van der Waals surface area contributed by atoms with Crippen LogP contribution in [-0.2, 0) is 9.13 Å². The molecule has 0 aromatic rings. The average molecular weight is 236 g/mol. The maximum absolute atomic E-state index is 11.9. The lowest BCUT2D eigenvalue weighted by Gasteiger charge is -2.28. The van der Waals surface area contributed by atoms with Crippen LogP contribution in [0.15, 0.2) is 0 Å². The summed E-state index contributed by atoms with van der Waals surface area (Å²) in [6.45, 7) is 11.5. The fourth-order valence-electron chi connectivity index (χ4n) is 1.29. The van der Waals surface area contributed by atoms with E-state index in [0.717, 1.165) is 0 Å². The van der Waals surface area contributed by atoms with Crippen LogP contribution >= 0.6 is 16.2 Å². The highest BCUT2D eigenvalue weighted by Gasteiger charge is 2.80. The molecule has 80 valence electrons. The first kappa shape index (κ1) is 12.2. The van der Waals surface area contributed by atoms with Gasteiger partial charge in [-0.15, -0.1) is 0 Å². The molecule has 1 aliphatic rings. The Morgan fingerprint density at radius 1 is 0.714 bits per heavy atom. The molecule has 0 unspecified atom stereocenters. The van der Waals surface area contributed by atoms with Crippen LogP contribution in [0.3, 0.4) is 0 Å². The maximum Gasteiger partial charge on any atom is 0.629 e. The lowest BCUT2D eigenvalue weighted by Crippen LogP contribution is -2.48. The van der Waals surface area contributed by atoms with Gasteiger partial charge in [-0.1, -0.05) is 0 Å². The molecule has 0 aliphatic carbocycles. The molecule has 0 spiro atoms. The van der Waals surface area contributed by atoms with E-state index >= 15 is 0 Å². The first-order chi connectivity index (χ1) is 6.07. The molecule has 1 saturated heterocycles. The third-order valence-corrected chi connectivity index (χ3v) is 7.38. The zero-order valence-corrected chi connectivity index (χ0v) is 11.4. The number of hydrogen-bond donors (Lipinski definition) is 0. The fourth-order valence-corrected chi connectivity index (χ4v) is 5.15. The zero-order valence-electron chi connectivity index (χ0n) is 9.61. The second-order valence-corrected chi connectivity index (χ2v) is 8.67. The molecule has 0 aromatic heterocycles. The molecule has 0 bridgehead atoms. The summed E-state index contributed by atoms with van der Waals surface area (Å²) in [7, 11) is -3.25. The Bertz CT molecular complexity index is 249. The van der Waals surface area contributed by atoms with Gasteiger partial charge in [0.25, 0.3) is 0 Å². The molecule has 1 aliphatic heterocycles. The van der Waals surface area contributed by atoms with Crippen LogP contribution in [0.2, 0.25) is 0 Å². The van der Waals surface area contributed by atoms with Gasteiger partial charge in [-0.2, -0.15) is 0 Å². The minimum atomic E-state index is -1.63. The van der Waals surface area contributed by atoms with Gasteiger partial charge in [-0.25, -0.2) is 0 Å². The van der Waals surface area contributed by atoms with Gasteiger partial charge < -0.3 is 0 Å². The van der Waals surface area contributed by atoms with Crippen molar-refractivity contribution in [2.75, 3.05) is 0 Å². The predicted octanol–water partition coefficient (Wildman–Crippen LogP) is 3.52. The van der Waals surface area contributed by atoms with Gasteiger partial charge in [0, 0.05) is 0 Å². The zero-order chi connectivity index (χ0) is 11.3. The third-order valence-electron chi connectivity index (χ3n) is 1.85. The van der Waals surface area contributed by atoms with Crippen LogP contribution < -0.4 is 0 Å². The van der Waals surface area contributed by atoms with Crippen LogP contribution in [0.4, 0.5) is 0 Å². The van der Waals surface area contributed by atoms with Crippen LogP contribution in [-0.4, -0.2) is 20.0 Å². The first-order valence-electron chi connectivity index (χ1n) is 4.61. The van der Waals surface area contributed by atoms with Gasteiger partial charge in [0.1, 0.15) is 11.1 Å². The minimum absolute atomic E-state index is 0.289. The van der Waals surface area contributed by atoms with Crippen molar-refractivity contribution in [1.82, 2.24) is 8.88 Å². The Labute approximate surface area is 87.4 Å². The van der Waals surface area contributed by atoms with Gasteiger partial charge in [0.2, 0.25) is 0 Å². The average Bonchev–Trinajstić information content (AvgIpc) is 1.78. The molecule has 0 saturated carbocycles. The highest BCUT2D eigenvalue weighted by atomic mass is 31.2. The molecule has 0 aromatic carbocycles. The largest absolute Gasteiger partial charge is 0.629 e. The summed E-state index contributed by atoms with van der Waals surface area (Å²) in [6, 6.07) is 0. The molecule has 4 nitrogen and oxygen atoms in total. The van der Waals surface area contributed by atoms with Gasteiger partial charge in [-0.3, -0.25) is 0 Å². The fraction of sp³-hybridized carbons (Fsp3) is 1.00. The highest BCUT2D eigenvalue weighted by molar-refractivity contribution is 7.70. The summed E-state index contributed by atoms with van der Waals surface area (Å²) in [5.74, 6) is 0. The lowest BCUT2D eigenvalue weighted by molar-refractivity contribution is 0.251. The summed E-state index contributed by atoms with van der Waals surface area (Å²) in [6.07, 6.45) is 0. The Morgan fingerprint density at radius 3 is 1.07 bits per heavy atom. The summed E-state index contributed by atoms with van der Waals surface area (Å²) < 4.78 is 26.9. The number of rotatable bonds is 0. The van der Waals surface area contributed by atoms with E-state index in [0.29, 0.717) is 0 Å². The van der Waals surface area contributed by atoms with Crippen LogP contribution in [0.1, 0.15) is 41.5 Å². The topological polar surface area (TPSA) is 40.6 Å². The molecule has 6 heteroatoms. The SMILES string of the molecule is CC(C)(C)N1[P+](=O)N(C(C)(C)C)[P+]1=O. The summed E-state index contributed by atoms with van der Waals surface area (Å²) in [5, 5.41) is 0. The van der Waals surface area contributed by atoms with E-state index < -0.39 is 16.2 Å². The van der Waals surface area contributed by atoms with E-state index in [9.17, 15) is 9.13 Å². The number of hydrogen-bond acceptors (Lipinski definition) is 2. The summed E-state index contributed by atoms with van der Waals surface area (Å²) >= 11 is 0. The Morgan fingerprint density at radius 2 is 0.929 bits per heavy atom. The molecule has 0 atom stereocenters. The molecular formula is C8H18N2O2P2+2. The van der Waals surface area contributed by atoms with E-state index in [-0.39, 0.29) is 11.1 Å². The van der Waals surface area contributed by atoms with E-state index in [4.69, 9.17) is 0 Å². The molecule has 14 heavy (non-hydrogen) atoms. The second kappa shape index (κ2) is 3.31. The summed E-state index contributed by atoms with van der Waals surface area (Å²) in [5.41, 5.74) is -0.578. The first-order valence-corrected chi connectivity index (χ1v) is 6.94. The Balaban J connectivity index is 2.88. The lowest BCUT2D eigenvalue weighted by atomic mass is 10.1. The van der Waals surface area contributed by atoms with Gasteiger partial charge in [0.15, 0.2) is 8.88 Å². The van der Waals surface area contributed by atoms with Crippen molar-refractivity contribution in [3.8, 4) is 0 Å². The van der Waals surface area contributed by atoms with Crippen molar-refractivity contribution in [2.45, 2.75) is 52.6 Å². The van der Waals surface area contributed by atoms with Gasteiger partial charge >= 0.3 is 16.2 Å². The standard InChI is InChI=1S/C8H18N2O2P2/c1-7(2,3)9-13(11)10(14(9)12)8(4,5)6/h1-6H3/q+2. The molecule has 1 fully saturated rings. The van der Waals surface area contributed by atoms with Crippen molar-refractivity contribution in [3.05, 3.63) is 0 Å². The highest BCUT2D eigenvalue weighted by Crippen LogP contribution is 2.69. The smallest absolute Gasteiger partial charge is 0.0386 e. The van der Waals surface area contributed by atoms with Crippen molar-refractivity contribution in [2.24, 2.45) is 0 Å². The molecule has 0 N–H and O–H groups in total. The van der Waals surface area contributed by atoms with Crippen molar-refractivity contribution < 1.29 is 9.13 Å². The molecule has 0 radical (unpaired) electrons. The van der Waals surface area contributed by atoms with E-state index in [1.165, 1.54) is 0 Å². The Kier molecular flexibility index (Phi) is 2.88. The second-order valence-electron chi connectivity index (χ2n) is 5.43. The minimum Gasteiger partial charge on any atom is -0.0386 e. The van der Waals surface area contributed by atoms with E-state index in [2.05, 4.69) is 0 Å². The normalized spacial score (nSPS) is 26.4. The van der Waals surface area contributed by atoms with E-state index in [1.807, 2.05) is 41.5 Å². The van der Waals surface area contributed by atoms with Crippen molar-refractivity contribution in [3.63, 3.8) is 0 Å². The molecule has 1 heterocycles. The van der Waals surface area contributed by atoms with Gasteiger partial charge in [-0.05, 0) is 50.7 Å². The quantitative estimate of drug-likeness (QED) is 0.603. The van der Waals surface area contributed by atoms with Gasteiger partial charge in [0.05, 0.1) is 0 Å². The third kappa shape index (κ3) is 1.90. The molecule has 1 rings (SSSR count). The Hall–Kier alpha value is 0.120. The summed E-state index contributed by atoms with van der Waals surface area (Å²) in [4.78, 5) is 0. The van der Waals surface area contributed by atoms with E-state index in [1.54, 1.807) is 8.88 Å². The van der Waals surface area contributed by atoms with Crippen LogP contribution in [0.25, 0.3) is 0 Å². The molecule has 0 amide bonds. The van der Waals surface area contributed by atoms with Crippen molar-refractivity contribution >= 4 is 16.2 Å². The monoisotopic (exact) mass is 236 g/mol. The van der Waals surface area contributed by atoms with Crippen LogP contribution in [0.5, 0.6) is 0 Å².